The van der Waals surface area contributed by atoms with Gasteiger partial charge in [0.1, 0.15) is 18.8 Å². The summed E-state index contributed by atoms with van der Waals surface area (Å²) in [4.78, 5) is 31.8. The Morgan fingerprint density at radius 1 is 0.870 bits per heavy atom. The maximum absolute atomic E-state index is 13.4. The van der Waals surface area contributed by atoms with Gasteiger partial charge < -0.3 is 34.0 Å². The second-order valence-electron chi connectivity index (χ2n) is 13.8. The highest BCUT2D eigenvalue weighted by molar-refractivity contribution is 7.89. The van der Waals surface area contributed by atoms with Gasteiger partial charge in [-0.25, -0.2) is 13.2 Å². The van der Waals surface area contributed by atoms with E-state index in [2.05, 4.69) is 4.90 Å². The van der Waals surface area contributed by atoms with E-state index in [9.17, 15) is 23.1 Å². The molecule has 2 fully saturated rings. The van der Waals surface area contributed by atoms with Crippen molar-refractivity contribution < 1.29 is 37.3 Å². The lowest BCUT2D eigenvalue weighted by atomic mass is 10.0. The Morgan fingerprint density at radius 3 is 2.17 bits per heavy atom. The molecule has 3 atom stereocenters. The molecule has 1 N–H and O–H groups in total. The average Bonchev–Trinajstić information content (AvgIpc) is 3.79. The third-order valence-corrected chi connectivity index (χ3v) is 11.2. The van der Waals surface area contributed by atoms with Gasteiger partial charge in [-0.1, -0.05) is 12.1 Å². The van der Waals surface area contributed by atoms with Crippen LogP contribution in [0.15, 0.2) is 58.5 Å². The number of nitrogens with zero attached hydrogens (tertiary/aromatic N) is 4. The molecule has 5 aliphatic rings. The predicted octanol–water partition coefficient (Wildman–Crippen LogP) is 2.64. The second kappa shape index (κ2) is 11.5. The average molecular weight is 653 g/mol. The van der Waals surface area contributed by atoms with Gasteiger partial charge in [0.2, 0.25) is 10.0 Å². The molecule has 5 aliphatic heterocycles. The number of likely N-dealkylation sites (tertiary alicyclic amines) is 1. The first-order valence-electron chi connectivity index (χ1n) is 15.7. The van der Waals surface area contributed by atoms with Crippen LogP contribution in [-0.4, -0.2) is 111 Å². The molecule has 0 aliphatic carbocycles. The standard InChI is InChI=1S/C33H40N4O8S/c1-33(2,3)45-32(40)36-17-22-13-34(14-23(22)18-36)26-6-4-5-21(11-26)30(38)31(39)35-15-24-19-37(20-25(24)16-35)46(41,42)27-7-8-28-29(12-27)44-10-9-43-28/h4-8,11-12,22-23,30,38H,9-10,13-20H2,1-3H3/t22?,23?,30-/m0/s1. The number of hydrogen-bond donors (Lipinski definition) is 1. The number of amides is 2. The summed E-state index contributed by atoms with van der Waals surface area (Å²) < 4.78 is 44.9. The predicted molar refractivity (Wildman–Crippen MR) is 168 cm³/mol. The summed E-state index contributed by atoms with van der Waals surface area (Å²) in [5.74, 6) is 1.20. The molecule has 5 heterocycles. The number of carbonyl (C=O) groups excluding carboxylic acids is 2. The van der Waals surface area contributed by atoms with Crippen molar-refractivity contribution in [3.05, 3.63) is 59.2 Å². The van der Waals surface area contributed by atoms with E-state index in [0.29, 0.717) is 55.2 Å². The van der Waals surface area contributed by atoms with Gasteiger partial charge in [0.25, 0.3) is 5.91 Å². The molecule has 2 amide bonds. The first-order valence-corrected chi connectivity index (χ1v) is 17.2. The Labute approximate surface area is 269 Å². The van der Waals surface area contributed by atoms with Gasteiger partial charge in [0, 0.05) is 75.9 Å². The Balaban J connectivity index is 0.944. The van der Waals surface area contributed by atoms with Crippen LogP contribution in [0.3, 0.4) is 0 Å². The van der Waals surface area contributed by atoms with Crippen LogP contribution >= 0.6 is 0 Å². The fraction of sp³-hybridized carbons (Fsp3) is 0.515. The van der Waals surface area contributed by atoms with Crippen LogP contribution < -0.4 is 14.4 Å². The zero-order chi connectivity index (χ0) is 32.4. The molecule has 46 heavy (non-hydrogen) atoms. The molecule has 13 heteroatoms. The minimum Gasteiger partial charge on any atom is -0.486 e. The van der Waals surface area contributed by atoms with Gasteiger partial charge in [-0.15, -0.1) is 0 Å². The molecule has 2 aromatic rings. The van der Waals surface area contributed by atoms with Crippen LogP contribution in [-0.2, 0) is 19.6 Å². The van der Waals surface area contributed by atoms with E-state index in [-0.39, 0.29) is 37.2 Å². The molecule has 7 rings (SSSR count). The Hall–Kier alpha value is -3.81. The van der Waals surface area contributed by atoms with E-state index in [4.69, 9.17) is 14.2 Å². The number of rotatable bonds is 5. The van der Waals surface area contributed by atoms with E-state index >= 15 is 0 Å². The number of carbonyl (C=O) groups is 2. The Bertz CT molecular complexity index is 1670. The molecule has 0 saturated carbocycles. The molecule has 12 nitrogen and oxygen atoms in total. The number of aliphatic hydroxyl groups excluding tert-OH is 1. The fourth-order valence-electron chi connectivity index (χ4n) is 7.09. The monoisotopic (exact) mass is 652 g/mol. The van der Waals surface area contributed by atoms with Crippen LogP contribution in [0.5, 0.6) is 11.5 Å². The lowest BCUT2D eigenvalue weighted by Crippen LogP contribution is -2.38. The van der Waals surface area contributed by atoms with Crippen molar-refractivity contribution in [3.63, 3.8) is 0 Å². The molecule has 246 valence electrons. The molecule has 2 aromatic carbocycles. The number of hydrogen-bond acceptors (Lipinski definition) is 9. The van der Waals surface area contributed by atoms with E-state index in [0.717, 1.165) is 29.9 Å². The van der Waals surface area contributed by atoms with Crippen molar-refractivity contribution in [1.29, 1.82) is 0 Å². The summed E-state index contributed by atoms with van der Waals surface area (Å²) in [6.45, 7) is 10.2. The first-order chi connectivity index (χ1) is 21.9. The van der Waals surface area contributed by atoms with E-state index < -0.39 is 27.6 Å². The lowest BCUT2D eigenvalue weighted by Gasteiger charge is -2.27. The quantitative estimate of drug-likeness (QED) is 0.485. The number of fused-ring (bicyclic) bond motifs is 2. The largest absolute Gasteiger partial charge is 0.486 e. The number of sulfonamides is 1. The minimum atomic E-state index is -3.77. The second-order valence-corrected chi connectivity index (χ2v) is 15.7. The van der Waals surface area contributed by atoms with Crippen LogP contribution in [0.25, 0.3) is 0 Å². The highest BCUT2D eigenvalue weighted by Crippen LogP contribution is 2.38. The Kier molecular flexibility index (Phi) is 7.68. The van der Waals surface area contributed by atoms with E-state index in [1.165, 1.54) is 16.4 Å². The summed E-state index contributed by atoms with van der Waals surface area (Å²) >= 11 is 0. The van der Waals surface area contributed by atoms with E-state index in [1.807, 2.05) is 39.0 Å². The molecule has 2 saturated heterocycles. The molecule has 0 radical (unpaired) electrons. The number of aliphatic hydroxyl groups is 1. The highest BCUT2D eigenvalue weighted by atomic mass is 32.2. The van der Waals surface area contributed by atoms with Crippen molar-refractivity contribution in [2.24, 2.45) is 11.8 Å². The lowest BCUT2D eigenvalue weighted by molar-refractivity contribution is -0.139. The maximum Gasteiger partial charge on any atom is 0.410 e. The summed E-state index contributed by atoms with van der Waals surface area (Å²) in [7, 11) is -3.77. The smallest absolute Gasteiger partial charge is 0.410 e. The summed E-state index contributed by atoms with van der Waals surface area (Å²) in [5, 5.41) is 11.1. The van der Waals surface area contributed by atoms with Crippen molar-refractivity contribution >= 4 is 27.7 Å². The van der Waals surface area contributed by atoms with Gasteiger partial charge in [0.05, 0.1) is 4.90 Å². The molecular formula is C33H40N4O8S. The summed E-state index contributed by atoms with van der Waals surface area (Å²) in [6, 6.07) is 12.1. The normalized spacial score (nSPS) is 23.5. The van der Waals surface area contributed by atoms with Crippen LogP contribution in [0.2, 0.25) is 0 Å². The van der Waals surface area contributed by atoms with Crippen LogP contribution in [0, 0.1) is 11.8 Å². The van der Waals surface area contributed by atoms with Gasteiger partial charge in [-0.3, -0.25) is 4.79 Å². The van der Waals surface area contributed by atoms with Gasteiger partial charge in [0.15, 0.2) is 17.6 Å². The molecule has 0 bridgehead atoms. The summed E-state index contributed by atoms with van der Waals surface area (Å²) in [6.07, 6.45) is -1.60. The molecule has 2 unspecified atom stereocenters. The van der Waals surface area contributed by atoms with Gasteiger partial charge in [-0.05, 0) is 61.7 Å². The van der Waals surface area contributed by atoms with Crippen molar-refractivity contribution in [1.82, 2.24) is 14.1 Å². The topological polar surface area (TPSA) is 129 Å². The first kappa shape index (κ1) is 30.8. The van der Waals surface area contributed by atoms with Gasteiger partial charge >= 0.3 is 6.09 Å². The summed E-state index contributed by atoms with van der Waals surface area (Å²) in [5.41, 5.74) is 2.70. The van der Waals surface area contributed by atoms with E-state index in [1.54, 1.807) is 21.9 Å². The number of ether oxygens (including phenoxy) is 3. The van der Waals surface area contributed by atoms with Crippen LogP contribution in [0.1, 0.15) is 32.4 Å². The minimum absolute atomic E-state index is 0.142. The Morgan fingerprint density at radius 2 is 1.52 bits per heavy atom. The molecule has 0 aromatic heterocycles. The van der Waals surface area contributed by atoms with Crippen LogP contribution in [0.4, 0.5) is 10.5 Å². The zero-order valence-electron chi connectivity index (χ0n) is 26.3. The molecular weight excluding hydrogens is 612 g/mol. The van der Waals surface area contributed by atoms with Gasteiger partial charge in [-0.2, -0.15) is 4.31 Å². The maximum atomic E-state index is 13.4. The fourth-order valence-corrected chi connectivity index (χ4v) is 8.54. The van der Waals surface area contributed by atoms with Crippen molar-refractivity contribution in [2.75, 3.05) is 70.5 Å². The third kappa shape index (κ3) is 5.80. The zero-order valence-corrected chi connectivity index (χ0v) is 27.2. The molecule has 0 spiro atoms. The number of anilines is 1. The number of benzene rings is 2. The SMILES string of the molecule is CC(C)(C)OC(=O)N1CC2CN(c3cccc([C@H](O)C(=O)N4CC5=C(C4)CN(S(=O)(=O)c4ccc6c(c4)OCCO6)C5)c3)CC2C1. The van der Waals surface area contributed by atoms with Crippen molar-refractivity contribution in [3.8, 4) is 11.5 Å². The highest BCUT2D eigenvalue weighted by Gasteiger charge is 2.43. The third-order valence-electron chi connectivity index (χ3n) is 9.38. The van der Waals surface area contributed by atoms with Crippen molar-refractivity contribution in [2.45, 2.75) is 37.4 Å².